The third-order valence-corrected chi connectivity index (χ3v) is 3.68. The Morgan fingerprint density at radius 3 is 3.06 bits per heavy atom. The van der Waals surface area contributed by atoms with E-state index in [2.05, 4.69) is 9.88 Å². The van der Waals surface area contributed by atoms with Gasteiger partial charge in [-0.05, 0) is 18.9 Å². The van der Waals surface area contributed by atoms with E-state index in [1.807, 2.05) is 6.07 Å². The molecule has 0 bridgehead atoms. The fourth-order valence-corrected chi connectivity index (χ4v) is 2.68. The lowest BCUT2D eigenvalue weighted by atomic mass is 10.1. The standard InChI is InChI=1S/C13H19N3OS/c14-13(18)11-5-6-15-8-12(11)16-7-3-1-2-4-10(16)9-17/h5-6,8,10,17H,1-4,7,9H2,(H2,14,18). The van der Waals surface area contributed by atoms with Crippen LogP contribution in [0.2, 0.25) is 0 Å². The van der Waals surface area contributed by atoms with Crippen LogP contribution in [0.25, 0.3) is 0 Å². The average molecular weight is 265 g/mol. The van der Waals surface area contributed by atoms with Crippen LogP contribution in [-0.2, 0) is 0 Å². The first-order chi connectivity index (χ1) is 8.74. The lowest BCUT2D eigenvalue weighted by molar-refractivity contribution is 0.255. The van der Waals surface area contributed by atoms with E-state index in [0.29, 0.717) is 4.99 Å². The lowest BCUT2D eigenvalue weighted by Gasteiger charge is -2.31. The van der Waals surface area contributed by atoms with E-state index in [9.17, 15) is 5.11 Å². The molecule has 1 fully saturated rings. The van der Waals surface area contributed by atoms with Crippen LogP contribution in [0.4, 0.5) is 5.69 Å². The summed E-state index contributed by atoms with van der Waals surface area (Å²) < 4.78 is 0. The van der Waals surface area contributed by atoms with Gasteiger partial charge in [-0.1, -0.05) is 25.1 Å². The van der Waals surface area contributed by atoms with Gasteiger partial charge in [0, 0.05) is 18.3 Å². The molecule has 18 heavy (non-hydrogen) atoms. The smallest absolute Gasteiger partial charge is 0.106 e. The normalized spacial score (nSPS) is 20.5. The number of hydrogen-bond acceptors (Lipinski definition) is 4. The molecular weight excluding hydrogens is 246 g/mol. The van der Waals surface area contributed by atoms with Crippen molar-refractivity contribution in [2.75, 3.05) is 18.1 Å². The summed E-state index contributed by atoms with van der Waals surface area (Å²) in [4.78, 5) is 6.75. The highest BCUT2D eigenvalue weighted by molar-refractivity contribution is 7.80. The number of anilines is 1. The van der Waals surface area contributed by atoms with Gasteiger partial charge in [-0.2, -0.15) is 0 Å². The van der Waals surface area contributed by atoms with Crippen molar-refractivity contribution in [3.63, 3.8) is 0 Å². The fourth-order valence-electron chi connectivity index (χ4n) is 2.51. The van der Waals surface area contributed by atoms with Gasteiger partial charge in [0.05, 0.1) is 24.5 Å². The summed E-state index contributed by atoms with van der Waals surface area (Å²) in [5.74, 6) is 0. The van der Waals surface area contributed by atoms with Crippen LogP contribution in [0.1, 0.15) is 31.2 Å². The monoisotopic (exact) mass is 265 g/mol. The molecule has 98 valence electrons. The number of aliphatic hydroxyl groups is 1. The molecule has 1 atom stereocenters. The van der Waals surface area contributed by atoms with Gasteiger partial charge in [0.25, 0.3) is 0 Å². The second-order valence-corrected chi connectivity index (χ2v) is 5.08. The first-order valence-corrected chi connectivity index (χ1v) is 6.76. The molecule has 0 amide bonds. The van der Waals surface area contributed by atoms with E-state index < -0.39 is 0 Å². The van der Waals surface area contributed by atoms with E-state index in [0.717, 1.165) is 37.1 Å². The zero-order chi connectivity index (χ0) is 13.0. The molecule has 2 rings (SSSR count). The summed E-state index contributed by atoms with van der Waals surface area (Å²) in [6.45, 7) is 1.08. The molecule has 0 saturated carbocycles. The summed E-state index contributed by atoms with van der Waals surface area (Å²) in [5, 5.41) is 9.55. The molecule has 1 aliphatic heterocycles. The maximum atomic E-state index is 9.55. The predicted molar refractivity (Wildman–Crippen MR) is 76.8 cm³/mol. The maximum Gasteiger partial charge on any atom is 0.106 e. The Balaban J connectivity index is 2.35. The molecule has 1 unspecified atom stereocenters. The highest BCUT2D eigenvalue weighted by Gasteiger charge is 2.23. The third kappa shape index (κ3) is 2.79. The van der Waals surface area contributed by atoms with E-state index in [1.54, 1.807) is 12.4 Å². The number of pyridine rings is 1. The maximum absolute atomic E-state index is 9.55. The van der Waals surface area contributed by atoms with Crippen LogP contribution in [0.15, 0.2) is 18.5 Å². The topological polar surface area (TPSA) is 62.4 Å². The second-order valence-electron chi connectivity index (χ2n) is 4.64. The minimum atomic E-state index is 0.143. The Morgan fingerprint density at radius 1 is 1.50 bits per heavy atom. The largest absolute Gasteiger partial charge is 0.394 e. The molecular formula is C13H19N3OS. The van der Waals surface area contributed by atoms with Crippen LogP contribution < -0.4 is 10.6 Å². The summed E-state index contributed by atoms with van der Waals surface area (Å²) in [5.41, 5.74) is 7.56. The van der Waals surface area contributed by atoms with Gasteiger partial charge in [-0.3, -0.25) is 4.98 Å². The van der Waals surface area contributed by atoms with E-state index in [-0.39, 0.29) is 12.6 Å². The van der Waals surface area contributed by atoms with Crippen molar-refractivity contribution in [3.8, 4) is 0 Å². The highest BCUT2D eigenvalue weighted by atomic mass is 32.1. The number of aliphatic hydroxyl groups excluding tert-OH is 1. The van der Waals surface area contributed by atoms with Crippen LogP contribution >= 0.6 is 12.2 Å². The van der Waals surface area contributed by atoms with Gasteiger partial charge in [0.15, 0.2) is 0 Å². The van der Waals surface area contributed by atoms with Crippen molar-refractivity contribution in [3.05, 3.63) is 24.0 Å². The van der Waals surface area contributed by atoms with Gasteiger partial charge >= 0.3 is 0 Å². The van der Waals surface area contributed by atoms with Crippen molar-refractivity contribution >= 4 is 22.9 Å². The van der Waals surface area contributed by atoms with Crippen LogP contribution in [0.3, 0.4) is 0 Å². The van der Waals surface area contributed by atoms with Gasteiger partial charge in [0.2, 0.25) is 0 Å². The average Bonchev–Trinajstić information content (AvgIpc) is 2.63. The van der Waals surface area contributed by atoms with Gasteiger partial charge in [-0.25, -0.2) is 0 Å². The minimum absolute atomic E-state index is 0.143. The molecule has 0 aromatic carbocycles. The predicted octanol–water partition coefficient (Wildman–Crippen LogP) is 1.46. The van der Waals surface area contributed by atoms with E-state index >= 15 is 0 Å². The number of hydrogen-bond donors (Lipinski definition) is 2. The van der Waals surface area contributed by atoms with Gasteiger partial charge in [0.1, 0.15) is 4.99 Å². The van der Waals surface area contributed by atoms with Crippen molar-refractivity contribution in [2.24, 2.45) is 5.73 Å². The van der Waals surface area contributed by atoms with Gasteiger partial charge in [-0.15, -0.1) is 0 Å². The van der Waals surface area contributed by atoms with Crippen molar-refractivity contribution in [1.29, 1.82) is 0 Å². The Bertz CT molecular complexity index is 424. The molecule has 2 heterocycles. The molecule has 0 radical (unpaired) electrons. The molecule has 1 aromatic heterocycles. The summed E-state index contributed by atoms with van der Waals surface area (Å²) >= 11 is 5.09. The molecule has 5 heteroatoms. The molecule has 4 nitrogen and oxygen atoms in total. The number of thiocarbonyl (C=S) groups is 1. The zero-order valence-corrected chi connectivity index (χ0v) is 11.2. The number of rotatable bonds is 3. The fraction of sp³-hybridized carbons (Fsp3) is 0.538. The molecule has 1 aromatic rings. The quantitative estimate of drug-likeness (QED) is 0.810. The molecule has 1 aliphatic rings. The Hall–Kier alpha value is -1.20. The number of nitrogens with zero attached hydrogens (tertiary/aromatic N) is 2. The molecule has 3 N–H and O–H groups in total. The number of nitrogens with two attached hydrogens (primary N) is 1. The minimum Gasteiger partial charge on any atom is -0.394 e. The van der Waals surface area contributed by atoms with E-state index in [1.165, 1.54) is 6.42 Å². The Labute approximate surface area is 113 Å². The van der Waals surface area contributed by atoms with Crippen LogP contribution in [0, 0.1) is 0 Å². The lowest BCUT2D eigenvalue weighted by Crippen LogP contribution is -2.38. The Kier molecular flexibility index (Phi) is 4.49. The third-order valence-electron chi connectivity index (χ3n) is 3.46. The summed E-state index contributed by atoms with van der Waals surface area (Å²) in [7, 11) is 0. The van der Waals surface area contributed by atoms with Crippen molar-refractivity contribution in [1.82, 2.24) is 4.98 Å². The van der Waals surface area contributed by atoms with Gasteiger partial charge < -0.3 is 15.7 Å². The highest BCUT2D eigenvalue weighted by Crippen LogP contribution is 2.26. The summed E-state index contributed by atoms with van der Waals surface area (Å²) in [6.07, 6.45) is 7.98. The Morgan fingerprint density at radius 2 is 2.33 bits per heavy atom. The SMILES string of the molecule is NC(=S)c1ccncc1N1CCCCCC1CO. The van der Waals surface area contributed by atoms with Crippen molar-refractivity contribution < 1.29 is 5.11 Å². The first-order valence-electron chi connectivity index (χ1n) is 6.35. The van der Waals surface area contributed by atoms with E-state index in [4.69, 9.17) is 18.0 Å². The van der Waals surface area contributed by atoms with Crippen LogP contribution in [-0.4, -0.2) is 34.3 Å². The summed E-state index contributed by atoms with van der Waals surface area (Å²) in [6, 6.07) is 1.99. The second kappa shape index (κ2) is 6.11. The first kappa shape index (κ1) is 13.2. The molecule has 0 aliphatic carbocycles. The number of aromatic nitrogens is 1. The van der Waals surface area contributed by atoms with Crippen molar-refractivity contribution in [2.45, 2.75) is 31.7 Å². The molecule has 0 spiro atoms. The van der Waals surface area contributed by atoms with Crippen LogP contribution in [0.5, 0.6) is 0 Å². The zero-order valence-electron chi connectivity index (χ0n) is 10.4. The molecule has 1 saturated heterocycles.